The number of carbonyl (C=O) groups excluding carboxylic acids is 1. The Labute approximate surface area is 392 Å². The van der Waals surface area contributed by atoms with Crippen LogP contribution in [0.1, 0.15) is 106 Å². The average Bonchev–Trinajstić information content (AvgIpc) is 3.25. The van der Waals surface area contributed by atoms with Crippen LogP contribution in [-0.2, 0) is 39.8 Å². The molecule has 0 aliphatic carbocycles. The van der Waals surface area contributed by atoms with Crippen LogP contribution in [0.15, 0.2) is 42.5 Å². The summed E-state index contributed by atoms with van der Waals surface area (Å²) in [6.07, 6.45) is -9.09. The highest BCUT2D eigenvalue weighted by Gasteiger charge is 2.53. The Bertz CT molecular complexity index is 1890. The largest absolute Gasteiger partial charge is 0.459 e. The minimum Gasteiger partial charge on any atom is -0.459 e. The number of ether oxygens (including phenoxy) is 6. The van der Waals surface area contributed by atoms with Gasteiger partial charge >= 0.3 is 5.97 Å². The van der Waals surface area contributed by atoms with Crippen LogP contribution in [0.4, 0.5) is 4.39 Å². The van der Waals surface area contributed by atoms with Gasteiger partial charge in [0.1, 0.15) is 35.8 Å². The van der Waals surface area contributed by atoms with Gasteiger partial charge in [-0.05, 0) is 117 Å². The van der Waals surface area contributed by atoms with Crippen molar-refractivity contribution in [3.05, 3.63) is 59.4 Å². The number of nitrogens with zero attached hydrogens (tertiary/aromatic N) is 2. The third-order valence-electron chi connectivity index (χ3n) is 14.9. The molecule has 3 heterocycles. The first kappa shape index (κ1) is 54.3. The first-order valence-corrected chi connectivity index (χ1v) is 23.9. The molecule has 5 rings (SSSR count). The summed E-state index contributed by atoms with van der Waals surface area (Å²) in [6.45, 7) is 20.3. The fourth-order valence-corrected chi connectivity index (χ4v) is 10.7. The van der Waals surface area contributed by atoms with Gasteiger partial charge in [-0.2, -0.15) is 0 Å². The highest BCUT2D eigenvalue weighted by molar-refractivity contribution is 5.73. The maximum Gasteiger partial charge on any atom is 0.311 e. The molecule has 0 aromatic heterocycles. The highest BCUT2D eigenvalue weighted by Crippen LogP contribution is 2.40. The molecule has 0 spiro atoms. The van der Waals surface area contributed by atoms with Crippen molar-refractivity contribution in [2.75, 3.05) is 27.7 Å². The van der Waals surface area contributed by atoms with E-state index in [0.717, 1.165) is 16.7 Å². The summed E-state index contributed by atoms with van der Waals surface area (Å²) in [4.78, 5) is 18.4. The number of aryl methyl sites for hydroxylation is 1. The molecule has 18 atom stereocenters. The molecule has 3 saturated heterocycles. The van der Waals surface area contributed by atoms with E-state index >= 15 is 0 Å². The zero-order valence-corrected chi connectivity index (χ0v) is 41.8. The zero-order valence-electron chi connectivity index (χ0n) is 41.8. The fraction of sp³-hybridized carbons (Fsp3) is 0.745. The number of carbonyl (C=O) groups is 1. The van der Waals surface area contributed by atoms with Crippen LogP contribution >= 0.6 is 0 Å². The van der Waals surface area contributed by atoms with Gasteiger partial charge in [-0.25, -0.2) is 4.39 Å². The molecule has 0 amide bonds. The summed E-state index contributed by atoms with van der Waals surface area (Å²) in [5, 5.41) is 59.5. The van der Waals surface area contributed by atoms with Crippen molar-refractivity contribution in [2.24, 2.45) is 17.8 Å². The van der Waals surface area contributed by atoms with Gasteiger partial charge in [0.25, 0.3) is 0 Å². The van der Waals surface area contributed by atoms with Crippen molar-refractivity contribution in [3.8, 4) is 11.1 Å². The Balaban J connectivity index is 1.50. The summed E-state index contributed by atoms with van der Waals surface area (Å²) >= 11 is 0. The third kappa shape index (κ3) is 12.2. The van der Waals surface area contributed by atoms with Crippen LogP contribution < -0.4 is 0 Å². The normalized spacial score (nSPS) is 41.5. The van der Waals surface area contributed by atoms with E-state index in [1.807, 2.05) is 81.9 Å². The number of hydrogen-bond donors (Lipinski definition) is 5. The Morgan fingerprint density at radius 1 is 0.924 bits per heavy atom. The van der Waals surface area contributed by atoms with Gasteiger partial charge in [0.2, 0.25) is 0 Å². The molecule has 3 aliphatic rings. The molecule has 0 saturated carbocycles. The summed E-state index contributed by atoms with van der Waals surface area (Å²) < 4.78 is 53.0. The minimum atomic E-state index is -1.84. The lowest BCUT2D eigenvalue weighted by molar-refractivity contribution is -0.318. The van der Waals surface area contributed by atoms with Crippen LogP contribution in [-0.4, -0.2) is 159 Å². The molecule has 3 aliphatic heterocycles. The quantitative estimate of drug-likeness (QED) is 0.186. The van der Waals surface area contributed by atoms with E-state index in [1.165, 1.54) is 20.1 Å². The molecule has 2 aromatic carbocycles. The van der Waals surface area contributed by atoms with Crippen LogP contribution in [0.5, 0.6) is 0 Å². The van der Waals surface area contributed by atoms with E-state index in [9.17, 15) is 34.7 Å². The number of aliphatic hydroxyl groups excluding tert-OH is 3. The van der Waals surface area contributed by atoms with E-state index in [1.54, 1.807) is 47.6 Å². The number of hydrogen-bond acceptors (Lipinski definition) is 14. The second kappa shape index (κ2) is 22.0. The minimum absolute atomic E-state index is 0.100. The van der Waals surface area contributed by atoms with Gasteiger partial charge in [-0.1, -0.05) is 57.2 Å². The monoisotopic (exact) mass is 933 g/mol. The topological polar surface area (TPSA) is 180 Å². The van der Waals surface area contributed by atoms with E-state index in [-0.39, 0.29) is 37.1 Å². The average molecular weight is 933 g/mol. The number of halogens is 1. The zero-order chi connectivity index (χ0) is 49.2. The molecule has 15 heteroatoms. The number of esters is 1. The van der Waals surface area contributed by atoms with Gasteiger partial charge in [0.05, 0.1) is 41.5 Å². The maximum absolute atomic E-state index is 14.8. The second-order valence-corrected chi connectivity index (χ2v) is 20.8. The maximum atomic E-state index is 14.8. The van der Waals surface area contributed by atoms with E-state index in [4.69, 9.17) is 28.4 Å². The third-order valence-corrected chi connectivity index (χ3v) is 14.9. The van der Waals surface area contributed by atoms with Gasteiger partial charge < -0.3 is 58.9 Å². The van der Waals surface area contributed by atoms with Crippen molar-refractivity contribution >= 4 is 5.97 Å². The van der Waals surface area contributed by atoms with Gasteiger partial charge in [0.15, 0.2) is 12.6 Å². The molecule has 2 aromatic rings. The molecule has 3 fully saturated rings. The predicted molar refractivity (Wildman–Crippen MR) is 249 cm³/mol. The summed E-state index contributed by atoms with van der Waals surface area (Å²) in [6, 6.07) is 11.9. The summed E-state index contributed by atoms with van der Waals surface area (Å²) in [7, 11) is 5.26. The number of methoxy groups -OCH3 is 1. The van der Waals surface area contributed by atoms with Crippen LogP contribution in [0.25, 0.3) is 11.1 Å². The first-order valence-electron chi connectivity index (χ1n) is 23.9. The highest BCUT2D eigenvalue weighted by atomic mass is 19.1. The number of benzene rings is 2. The molecule has 374 valence electrons. The number of likely N-dealkylation sites (N-methyl/N-ethyl adjacent to an activating group) is 2. The molecule has 0 bridgehead atoms. The Hall–Kier alpha value is -2.64. The van der Waals surface area contributed by atoms with Crippen molar-refractivity contribution in [3.63, 3.8) is 0 Å². The lowest BCUT2D eigenvalue weighted by Gasteiger charge is -2.49. The summed E-state index contributed by atoms with van der Waals surface area (Å²) in [5.41, 5.74) is -1.44. The van der Waals surface area contributed by atoms with E-state index in [0.29, 0.717) is 25.1 Å². The molecule has 66 heavy (non-hydrogen) atoms. The molecule has 0 radical (unpaired) electrons. The van der Waals surface area contributed by atoms with Crippen LogP contribution in [0.2, 0.25) is 0 Å². The SMILES string of the molecule is CC[C@H]1OC(=O)[C@H](C)[C@@H](O[C@H]2C[C@@](C)(OC)[C@@H](O)[C@H](C)O2)[C@H](C)[C@@H](O[C@@H]2O[C@H](C)C[C@H](N(C)Cc3ccc(-c4ccc(C)cc4F)cc3)[C@H]2O)[C@](C)(O)C[C@@H](C)CN(C)[C@H](C)[C@@H](O)[C@]1(C)O. The molecule has 14 nitrogen and oxygen atoms in total. The fourth-order valence-electron chi connectivity index (χ4n) is 10.7. The van der Waals surface area contributed by atoms with E-state index < -0.39 is 102 Å². The van der Waals surface area contributed by atoms with E-state index in [2.05, 4.69) is 0 Å². The molecule has 0 unspecified atom stereocenters. The second-order valence-electron chi connectivity index (χ2n) is 20.8. The molecule has 5 N–H and O–H groups in total. The molecular weight excluding hydrogens is 852 g/mol. The number of cyclic esters (lactones) is 1. The van der Waals surface area contributed by atoms with Crippen molar-refractivity contribution in [1.82, 2.24) is 9.80 Å². The smallest absolute Gasteiger partial charge is 0.311 e. The Kier molecular flexibility index (Phi) is 18.1. The Morgan fingerprint density at radius 2 is 1.58 bits per heavy atom. The van der Waals surface area contributed by atoms with Gasteiger partial charge in [0, 0.05) is 50.2 Å². The first-order chi connectivity index (χ1) is 30.7. The Morgan fingerprint density at radius 3 is 2.18 bits per heavy atom. The lowest BCUT2D eigenvalue weighted by Crippen LogP contribution is -2.60. The number of rotatable bonds is 10. The number of aliphatic hydroxyl groups is 5. The van der Waals surface area contributed by atoms with Crippen molar-refractivity contribution in [2.45, 2.75) is 199 Å². The predicted octanol–water partition coefficient (Wildman–Crippen LogP) is 5.59. The lowest BCUT2D eigenvalue weighted by atomic mass is 9.77. The molecular formula is C51H81FN2O12. The standard InChI is InChI=1S/C51H81FN2O12/c1-15-40-51(11,60)44(56)33(7)53(12)26-29(3)24-49(9,59)46(31(5)43(32(6)47(58)64-40)65-41-25-50(10,61-14)45(57)34(8)63-41)66-48-42(55)39(23-30(4)62-48)54(13)27-35-17-19-36(20-18-35)37-21-16-28(2)22-38(37)52/h16-22,29-34,39-46,48,55-57,59-60H,15,23-27H2,1-14H3/t29-,30-,31+,32-,33-,34+,39+,40-,41+,42-,43+,44-,45+,46-,48+,49-,50-,51-/m1/s1. The van der Waals surface area contributed by atoms with Crippen LogP contribution in [0, 0.1) is 30.5 Å². The van der Waals surface area contributed by atoms with Crippen molar-refractivity contribution in [1.29, 1.82) is 0 Å². The summed E-state index contributed by atoms with van der Waals surface area (Å²) in [5.74, 6) is -3.07. The van der Waals surface area contributed by atoms with Gasteiger partial charge in [-0.3, -0.25) is 9.69 Å². The van der Waals surface area contributed by atoms with Gasteiger partial charge in [-0.15, -0.1) is 0 Å². The van der Waals surface area contributed by atoms with Crippen LogP contribution in [0.3, 0.4) is 0 Å². The van der Waals surface area contributed by atoms with Crippen molar-refractivity contribution < 1.29 is 63.1 Å².